The monoisotopic (exact) mass is 407 g/mol. The lowest BCUT2D eigenvalue weighted by Gasteiger charge is -2.07. The lowest BCUT2D eigenvalue weighted by Crippen LogP contribution is -2.26. The van der Waals surface area contributed by atoms with Crippen molar-refractivity contribution in [2.45, 2.75) is 24.8 Å². The highest BCUT2D eigenvalue weighted by molar-refractivity contribution is 7.89. The lowest BCUT2D eigenvalue weighted by atomic mass is 10.2. The molecule has 0 radical (unpaired) electrons. The molecule has 1 aromatic carbocycles. The molecule has 0 bridgehead atoms. The summed E-state index contributed by atoms with van der Waals surface area (Å²) in [5.74, 6) is -0.588. The Bertz CT molecular complexity index is 1120. The van der Waals surface area contributed by atoms with Gasteiger partial charge in [-0.15, -0.1) is 11.3 Å². The van der Waals surface area contributed by atoms with Crippen LogP contribution >= 0.6 is 11.3 Å². The van der Waals surface area contributed by atoms with E-state index in [1.807, 2.05) is 6.92 Å². The van der Waals surface area contributed by atoms with Crippen molar-refractivity contribution >= 4 is 32.3 Å². The van der Waals surface area contributed by atoms with Crippen LogP contribution in [-0.2, 0) is 26.2 Å². The number of ether oxygens (including phenoxy) is 1. The van der Waals surface area contributed by atoms with Crippen LogP contribution in [0.25, 0.3) is 4.96 Å². The van der Waals surface area contributed by atoms with Gasteiger partial charge in [-0.1, -0.05) is 17.7 Å². The van der Waals surface area contributed by atoms with Crippen molar-refractivity contribution in [1.82, 2.24) is 14.1 Å². The highest BCUT2D eigenvalue weighted by Crippen LogP contribution is 2.10. The van der Waals surface area contributed by atoms with Gasteiger partial charge in [0.15, 0.2) is 4.96 Å². The largest absolute Gasteiger partial charge is 0.459 e. The zero-order chi connectivity index (χ0) is 19.4. The van der Waals surface area contributed by atoms with Crippen LogP contribution in [0.3, 0.4) is 0 Å². The summed E-state index contributed by atoms with van der Waals surface area (Å²) in [5.41, 5.74) is 1.04. The second-order valence-corrected chi connectivity index (χ2v) is 8.40. The third-order valence-corrected chi connectivity index (χ3v) is 5.92. The molecule has 1 N–H and O–H groups in total. The highest BCUT2D eigenvalue weighted by atomic mass is 32.2. The second-order valence-electron chi connectivity index (χ2n) is 5.76. The number of carbonyl (C=O) groups excluding carboxylic acids is 1. The van der Waals surface area contributed by atoms with E-state index in [1.165, 1.54) is 33.9 Å². The summed E-state index contributed by atoms with van der Waals surface area (Å²) in [7, 11) is -3.68. The van der Waals surface area contributed by atoms with Crippen molar-refractivity contribution in [3.05, 3.63) is 63.5 Å². The van der Waals surface area contributed by atoms with Gasteiger partial charge in [-0.3, -0.25) is 14.0 Å². The van der Waals surface area contributed by atoms with Crippen LogP contribution in [0.2, 0.25) is 0 Å². The number of hydrogen-bond acceptors (Lipinski definition) is 7. The number of thiazole rings is 1. The molecule has 0 spiro atoms. The summed E-state index contributed by atoms with van der Waals surface area (Å²) in [6.45, 7) is 1.63. The highest BCUT2D eigenvalue weighted by Gasteiger charge is 2.14. The molecule has 0 atom stereocenters. The molecule has 0 fully saturated rings. The maximum atomic E-state index is 12.1. The molecule has 0 saturated heterocycles. The normalized spacial score (nSPS) is 11.6. The Morgan fingerprint density at radius 2 is 2.04 bits per heavy atom. The van der Waals surface area contributed by atoms with Crippen LogP contribution < -0.4 is 10.3 Å². The van der Waals surface area contributed by atoms with E-state index >= 15 is 0 Å². The molecule has 142 valence electrons. The number of sulfonamides is 1. The topological polar surface area (TPSA) is 107 Å². The Kier molecular flexibility index (Phi) is 5.68. The number of nitrogens with one attached hydrogen (secondary N) is 1. The molecule has 10 heteroatoms. The average molecular weight is 407 g/mol. The Balaban J connectivity index is 1.50. The smallest absolute Gasteiger partial charge is 0.307 e. The van der Waals surface area contributed by atoms with Crippen molar-refractivity contribution in [3.63, 3.8) is 0 Å². The van der Waals surface area contributed by atoms with Gasteiger partial charge in [0.1, 0.15) is 6.61 Å². The first-order valence-corrected chi connectivity index (χ1v) is 10.4. The second kappa shape index (κ2) is 7.99. The molecule has 3 rings (SSSR count). The molecule has 0 aliphatic heterocycles. The zero-order valence-corrected chi connectivity index (χ0v) is 16.0. The summed E-state index contributed by atoms with van der Waals surface area (Å²) >= 11 is 1.30. The average Bonchev–Trinajstić information content (AvgIpc) is 3.09. The lowest BCUT2D eigenvalue weighted by molar-refractivity contribution is -0.144. The molecule has 2 heterocycles. The molecular formula is C17H17N3O5S2. The van der Waals surface area contributed by atoms with Crippen LogP contribution in [-0.4, -0.2) is 30.3 Å². The SMILES string of the molecule is Cc1ccc(S(=O)(=O)NCCC(=O)OCc2cc(=O)n3ccsc3n2)cc1. The van der Waals surface area contributed by atoms with Gasteiger partial charge >= 0.3 is 5.97 Å². The number of carbonyl (C=O) groups is 1. The van der Waals surface area contributed by atoms with E-state index in [9.17, 15) is 18.0 Å². The Hall–Kier alpha value is -2.56. The van der Waals surface area contributed by atoms with Crippen molar-refractivity contribution in [2.24, 2.45) is 0 Å². The fourth-order valence-corrected chi connectivity index (χ4v) is 4.05. The fraction of sp³-hybridized carbons (Fsp3) is 0.235. The van der Waals surface area contributed by atoms with Crippen molar-refractivity contribution < 1.29 is 17.9 Å². The number of fused-ring (bicyclic) bond motifs is 1. The van der Waals surface area contributed by atoms with E-state index in [1.54, 1.807) is 23.7 Å². The number of esters is 1. The standard InChI is InChI=1S/C17H17N3O5S2/c1-12-2-4-14(5-3-12)27(23,24)18-7-6-16(22)25-11-13-10-15(21)20-8-9-26-17(20)19-13/h2-5,8-10,18H,6-7,11H2,1H3. The van der Waals surface area contributed by atoms with Crippen molar-refractivity contribution in [1.29, 1.82) is 0 Å². The number of hydrogen-bond donors (Lipinski definition) is 1. The Morgan fingerprint density at radius 3 is 2.78 bits per heavy atom. The van der Waals surface area contributed by atoms with E-state index in [4.69, 9.17) is 4.74 Å². The number of nitrogens with zero attached hydrogens (tertiary/aromatic N) is 2. The van der Waals surface area contributed by atoms with E-state index in [-0.39, 0.29) is 30.0 Å². The van der Waals surface area contributed by atoms with Gasteiger partial charge in [0.25, 0.3) is 5.56 Å². The van der Waals surface area contributed by atoms with Crippen LogP contribution in [0.4, 0.5) is 0 Å². The van der Waals surface area contributed by atoms with Crippen molar-refractivity contribution in [3.8, 4) is 0 Å². The number of aryl methyl sites for hydroxylation is 1. The van der Waals surface area contributed by atoms with Gasteiger partial charge in [-0.25, -0.2) is 18.1 Å². The quantitative estimate of drug-likeness (QED) is 0.595. The molecule has 0 unspecified atom stereocenters. The minimum atomic E-state index is -3.68. The molecular weight excluding hydrogens is 390 g/mol. The molecule has 3 aromatic rings. The number of aromatic nitrogens is 2. The molecule has 2 aromatic heterocycles. The summed E-state index contributed by atoms with van der Waals surface area (Å²) < 4.78 is 33.1. The van der Waals surface area contributed by atoms with Gasteiger partial charge in [0.2, 0.25) is 10.0 Å². The number of rotatable bonds is 7. The molecule has 8 nitrogen and oxygen atoms in total. The van der Waals surface area contributed by atoms with Crippen LogP contribution in [0, 0.1) is 6.92 Å². The van der Waals surface area contributed by atoms with Crippen LogP contribution in [0.5, 0.6) is 0 Å². The minimum Gasteiger partial charge on any atom is -0.459 e. The van der Waals surface area contributed by atoms with E-state index in [0.29, 0.717) is 10.7 Å². The minimum absolute atomic E-state index is 0.0882. The molecule has 0 aliphatic carbocycles. The number of benzene rings is 1. The molecule has 0 amide bonds. The maximum Gasteiger partial charge on any atom is 0.307 e. The fourth-order valence-electron chi connectivity index (χ4n) is 2.28. The predicted octanol–water partition coefficient (Wildman–Crippen LogP) is 1.48. The van der Waals surface area contributed by atoms with Gasteiger partial charge < -0.3 is 4.74 Å². The Morgan fingerprint density at radius 1 is 1.30 bits per heavy atom. The van der Waals surface area contributed by atoms with Crippen LogP contribution in [0.1, 0.15) is 17.7 Å². The maximum absolute atomic E-state index is 12.1. The van der Waals surface area contributed by atoms with E-state index in [2.05, 4.69) is 9.71 Å². The zero-order valence-electron chi connectivity index (χ0n) is 14.4. The van der Waals surface area contributed by atoms with Gasteiger partial charge in [-0.2, -0.15) is 0 Å². The first-order chi connectivity index (χ1) is 12.8. The third-order valence-electron chi connectivity index (χ3n) is 3.69. The predicted molar refractivity (Wildman–Crippen MR) is 100 cm³/mol. The van der Waals surface area contributed by atoms with Crippen molar-refractivity contribution in [2.75, 3.05) is 6.54 Å². The van der Waals surface area contributed by atoms with Crippen LogP contribution in [0.15, 0.2) is 51.6 Å². The summed E-state index contributed by atoms with van der Waals surface area (Å²) in [6.07, 6.45) is 1.48. The molecule has 0 aliphatic rings. The molecule has 0 saturated carbocycles. The summed E-state index contributed by atoms with van der Waals surface area (Å²) in [4.78, 5) is 28.5. The molecule has 27 heavy (non-hydrogen) atoms. The summed E-state index contributed by atoms with van der Waals surface area (Å²) in [6, 6.07) is 7.69. The van der Waals surface area contributed by atoms with Gasteiger partial charge in [0, 0.05) is 24.2 Å². The van der Waals surface area contributed by atoms with Gasteiger partial charge in [0.05, 0.1) is 17.0 Å². The third kappa shape index (κ3) is 4.79. The Labute approximate surface area is 159 Å². The van der Waals surface area contributed by atoms with E-state index in [0.717, 1.165) is 5.56 Å². The van der Waals surface area contributed by atoms with Gasteiger partial charge in [-0.05, 0) is 19.1 Å². The van der Waals surface area contributed by atoms with E-state index < -0.39 is 16.0 Å². The first-order valence-electron chi connectivity index (χ1n) is 8.03. The summed E-state index contributed by atoms with van der Waals surface area (Å²) in [5, 5.41) is 1.74. The first kappa shape index (κ1) is 19.2.